The Morgan fingerprint density at radius 2 is 2.25 bits per heavy atom. The number of rotatable bonds is 1. The summed E-state index contributed by atoms with van der Waals surface area (Å²) in [6.45, 7) is 1.58. The van der Waals surface area contributed by atoms with E-state index in [1.165, 1.54) is 6.07 Å². The topological polar surface area (TPSA) is 56.5 Å². The van der Waals surface area contributed by atoms with Crippen LogP contribution in [0.4, 0.5) is 4.79 Å². The second kappa shape index (κ2) is 3.44. The standard InChI is InChI=1S/C7H6O4S/c1-4-2-5(11-7(9)12)3-6(8)10-4/h2-3H,1H3,(H,9,12). The number of thiol groups is 1. The lowest BCUT2D eigenvalue weighted by atomic mass is 10.4. The molecule has 0 atom stereocenters. The quantitative estimate of drug-likeness (QED) is 0.531. The molecule has 0 bridgehead atoms. The molecule has 0 unspecified atom stereocenters. The highest BCUT2D eigenvalue weighted by molar-refractivity contribution is 7.96. The van der Waals surface area contributed by atoms with E-state index in [2.05, 4.69) is 21.8 Å². The monoisotopic (exact) mass is 186 g/mol. The molecule has 0 radical (unpaired) electrons. The number of carbonyl (C=O) groups excluding carboxylic acids is 1. The Hall–Kier alpha value is -1.23. The Bertz CT molecular complexity index is 355. The summed E-state index contributed by atoms with van der Waals surface area (Å²) in [7, 11) is 0. The molecule has 0 saturated carbocycles. The highest BCUT2D eigenvalue weighted by Crippen LogP contribution is 2.10. The first-order valence-corrected chi connectivity index (χ1v) is 3.55. The van der Waals surface area contributed by atoms with E-state index in [1.807, 2.05) is 0 Å². The Morgan fingerprint density at radius 3 is 2.75 bits per heavy atom. The van der Waals surface area contributed by atoms with Crippen molar-refractivity contribution >= 4 is 17.9 Å². The van der Waals surface area contributed by atoms with Gasteiger partial charge in [0.05, 0.1) is 6.07 Å². The molecule has 0 aliphatic heterocycles. The Kier molecular flexibility index (Phi) is 2.54. The predicted octanol–water partition coefficient (Wildman–Crippen LogP) is 1.38. The van der Waals surface area contributed by atoms with Crippen molar-refractivity contribution in [2.24, 2.45) is 0 Å². The molecule has 0 aliphatic rings. The lowest BCUT2D eigenvalue weighted by Crippen LogP contribution is -2.02. The zero-order valence-electron chi connectivity index (χ0n) is 6.23. The largest absolute Gasteiger partial charge is 0.428 e. The Morgan fingerprint density at radius 1 is 1.58 bits per heavy atom. The summed E-state index contributed by atoms with van der Waals surface area (Å²) in [6, 6.07) is 2.50. The highest BCUT2D eigenvalue weighted by Gasteiger charge is 2.01. The lowest BCUT2D eigenvalue weighted by molar-refractivity contribution is 0.227. The first-order chi connectivity index (χ1) is 5.58. The maximum absolute atomic E-state index is 10.7. The molecule has 0 N–H and O–H groups in total. The van der Waals surface area contributed by atoms with Crippen LogP contribution in [0.3, 0.4) is 0 Å². The van der Waals surface area contributed by atoms with Crippen LogP contribution < -0.4 is 10.4 Å². The van der Waals surface area contributed by atoms with Gasteiger partial charge in [0.15, 0.2) is 0 Å². The predicted molar refractivity (Wildman–Crippen MR) is 44.7 cm³/mol. The SMILES string of the molecule is Cc1cc(OC(=O)S)cc(=O)o1. The van der Waals surface area contributed by atoms with Crippen molar-refractivity contribution in [2.45, 2.75) is 6.92 Å². The van der Waals surface area contributed by atoms with Crippen molar-refractivity contribution in [3.63, 3.8) is 0 Å². The van der Waals surface area contributed by atoms with Gasteiger partial charge < -0.3 is 9.15 Å². The van der Waals surface area contributed by atoms with Crippen molar-refractivity contribution in [3.8, 4) is 5.75 Å². The summed E-state index contributed by atoms with van der Waals surface area (Å²) in [5.41, 5.74) is -0.556. The number of carbonyl (C=O) groups is 1. The highest BCUT2D eigenvalue weighted by atomic mass is 32.1. The number of hydrogen-bond donors (Lipinski definition) is 1. The van der Waals surface area contributed by atoms with Crippen molar-refractivity contribution < 1.29 is 13.9 Å². The number of hydrogen-bond acceptors (Lipinski definition) is 4. The van der Waals surface area contributed by atoms with Gasteiger partial charge in [0.25, 0.3) is 0 Å². The summed E-state index contributed by atoms with van der Waals surface area (Å²) in [6.07, 6.45) is 0. The molecule has 0 saturated heterocycles. The molecule has 1 aromatic heterocycles. The van der Waals surface area contributed by atoms with Crippen LogP contribution in [0.15, 0.2) is 21.3 Å². The fraction of sp³-hybridized carbons (Fsp3) is 0.143. The minimum absolute atomic E-state index is 0.142. The minimum Gasteiger partial charge on any atom is -0.428 e. The second-order valence-corrected chi connectivity index (χ2v) is 2.46. The van der Waals surface area contributed by atoms with Crippen LogP contribution in [0.1, 0.15) is 5.76 Å². The van der Waals surface area contributed by atoms with Crippen LogP contribution in [-0.2, 0) is 0 Å². The molecule has 1 rings (SSSR count). The van der Waals surface area contributed by atoms with Gasteiger partial charge in [-0.2, -0.15) is 0 Å². The third-order valence-corrected chi connectivity index (χ3v) is 1.16. The lowest BCUT2D eigenvalue weighted by Gasteiger charge is -1.98. The summed E-state index contributed by atoms with van der Waals surface area (Å²) in [5.74, 6) is 0.524. The van der Waals surface area contributed by atoms with Crippen molar-refractivity contribution in [1.29, 1.82) is 0 Å². The zero-order chi connectivity index (χ0) is 9.14. The summed E-state index contributed by atoms with van der Waals surface area (Å²) < 4.78 is 9.17. The maximum atomic E-state index is 10.7. The average Bonchev–Trinajstić information content (AvgIpc) is 1.81. The van der Waals surface area contributed by atoms with Crippen LogP contribution in [-0.4, -0.2) is 5.30 Å². The molecule has 1 heterocycles. The minimum atomic E-state index is -0.764. The average molecular weight is 186 g/mol. The molecule has 0 fully saturated rings. The molecule has 5 heteroatoms. The van der Waals surface area contributed by atoms with E-state index in [0.717, 1.165) is 6.07 Å². The fourth-order valence-corrected chi connectivity index (χ4v) is 0.841. The van der Waals surface area contributed by atoms with Gasteiger partial charge in [-0.25, -0.2) is 9.59 Å². The number of ether oxygens (including phenoxy) is 1. The van der Waals surface area contributed by atoms with Crippen molar-refractivity contribution in [1.82, 2.24) is 0 Å². The molecular weight excluding hydrogens is 180 g/mol. The molecular formula is C7H6O4S. The third kappa shape index (κ3) is 2.43. The molecule has 0 aliphatic carbocycles. The third-order valence-electron chi connectivity index (χ3n) is 1.07. The molecule has 0 amide bonds. The second-order valence-electron chi connectivity index (χ2n) is 2.09. The van der Waals surface area contributed by atoms with Gasteiger partial charge in [0, 0.05) is 6.07 Å². The number of aryl methyl sites for hydroxylation is 1. The summed E-state index contributed by atoms with van der Waals surface area (Å²) in [4.78, 5) is 21.1. The smallest absolute Gasteiger partial charge is 0.369 e. The van der Waals surface area contributed by atoms with E-state index < -0.39 is 10.9 Å². The van der Waals surface area contributed by atoms with Gasteiger partial charge in [-0.1, -0.05) is 12.6 Å². The molecule has 12 heavy (non-hydrogen) atoms. The molecule has 1 aromatic rings. The molecule has 64 valence electrons. The first kappa shape index (κ1) is 8.86. The van der Waals surface area contributed by atoms with E-state index in [4.69, 9.17) is 0 Å². The van der Waals surface area contributed by atoms with E-state index >= 15 is 0 Å². The van der Waals surface area contributed by atoms with E-state index in [1.54, 1.807) is 6.92 Å². The summed E-state index contributed by atoms with van der Waals surface area (Å²) in [5, 5.41) is -0.764. The van der Waals surface area contributed by atoms with E-state index in [9.17, 15) is 9.59 Å². The summed E-state index contributed by atoms with van der Waals surface area (Å²) >= 11 is 3.38. The van der Waals surface area contributed by atoms with Gasteiger partial charge in [-0.3, -0.25) is 0 Å². The molecule has 0 spiro atoms. The van der Waals surface area contributed by atoms with Gasteiger partial charge in [0.1, 0.15) is 11.5 Å². The Labute approximate surface area is 73.6 Å². The van der Waals surface area contributed by atoms with Crippen molar-refractivity contribution in [2.75, 3.05) is 0 Å². The van der Waals surface area contributed by atoms with E-state index in [0.29, 0.717) is 5.76 Å². The van der Waals surface area contributed by atoms with Crippen LogP contribution >= 0.6 is 12.6 Å². The fourth-order valence-electron chi connectivity index (χ4n) is 0.735. The van der Waals surface area contributed by atoms with Crippen molar-refractivity contribution in [3.05, 3.63) is 28.3 Å². The molecule has 4 nitrogen and oxygen atoms in total. The zero-order valence-corrected chi connectivity index (χ0v) is 7.13. The normalized spacial score (nSPS) is 9.50. The van der Waals surface area contributed by atoms with Gasteiger partial charge in [0.2, 0.25) is 0 Å². The van der Waals surface area contributed by atoms with Crippen LogP contribution in [0, 0.1) is 6.92 Å². The van der Waals surface area contributed by atoms with Crippen LogP contribution in [0.2, 0.25) is 0 Å². The van der Waals surface area contributed by atoms with Crippen LogP contribution in [0.5, 0.6) is 5.75 Å². The van der Waals surface area contributed by atoms with Gasteiger partial charge >= 0.3 is 10.9 Å². The van der Waals surface area contributed by atoms with E-state index in [-0.39, 0.29) is 5.75 Å². The maximum Gasteiger partial charge on any atom is 0.369 e. The Balaban J connectivity index is 3.01. The first-order valence-electron chi connectivity index (χ1n) is 3.10. The van der Waals surface area contributed by atoms with Gasteiger partial charge in [-0.05, 0) is 6.92 Å². The molecule has 0 aromatic carbocycles. The van der Waals surface area contributed by atoms with Crippen LogP contribution in [0.25, 0.3) is 0 Å². The van der Waals surface area contributed by atoms with Gasteiger partial charge in [-0.15, -0.1) is 0 Å².